The molecule has 0 bridgehead atoms. The highest BCUT2D eigenvalue weighted by Gasteiger charge is 2.13. The summed E-state index contributed by atoms with van der Waals surface area (Å²) in [6.07, 6.45) is 0. The number of carbonyl (C=O) groups is 1. The number of aromatic carboxylic acids is 1. The molecule has 5 nitrogen and oxygen atoms in total. The number of carboxylic acids is 1. The zero-order valence-corrected chi connectivity index (χ0v) is 10.2. The van der Waals surface area contributed by atoms with Gasteiger partial charge in [-0.3, -0.25) is 0 Å². The molecule has 2 rings (SSSR count). The number of carboxylic acid groups (broad SMARTS) is 1. The topological polar surface area (TPSA) is 66.3 Å². The summed E-state index contributed by atoms with van der Waals surface area (Å²) < 4.78 is 0. The molecule has 0 aliphatic rings. The van der Waals surface area contributed by atoms with Gasteiger partial charge in [0.05, 0.1) is 4.88 Å². The molecule has 2 aromatic heterocycles. The van der Waals surface area contributed by atoms with Crippen LogP contribution in [-0.2, 0) is 0 Å². The molecule has 0 amide bonds. The maximum atomic E-state index is 11.0. The summed E-state index contributed by atoms with van der Waals surface area (Å²) in [5.74, 6) is -0.0160. The molecule has 2 heterocycles. The van der Waals surface area contributed by atoms with Crippen molar-refractivity contribution in [2.24, 2.45) is 0 Å². The number of aromatic nitrogens is 2. The first-order valence-corrected chi connectivity index (χ1v) is 5.79. The summed E-state index contributed by atoms with van der Waals surface area (Å²) in [5.41, 5.74) is 0.00657. The van der Waals surface area contributed by atoms with Gasteiger partial charge in [0.2, 0.25) is 0 Å². The molecular formula is C11H11N3O2S. The van der Waals surface area contributed by atoms with Crippen LogP contribution < -0.4 is 4.90 Å². The fourth-order valence-corrected chi connectivity index (χ4v) is 1.95. The minimum Gasteiger partial charge on any atom is -0.477 e. The molecule has 0 aliphatic carbocycles. The van der Waals surface area contributed by atoms with Crippen molar-refractivity contribution in [2.75, 3.05) is 19.0 Å². The molecule has 88 valence electrons. The average Bonchev–Trinajstić information content (AvgIpc) is 2.81. The predicted molar refractivity (Wildman–Crippen MR) is 66.6 cm³/mol. The number of thiophene rings is 1. The third kappa shape index (κ3) is 2.42. The molecule has 0 radical (unpaired) electrons. The molecule has 2 aromatic rings. The summed E-state index contributed by atoms with van der Waals surface area (Å²) in [6, 6.07) is 5.21. The van der Waals surface area contributed by atoms with Crippen molar-refractivity contribution in [3.63, 3.8) is 0 Å². The lowest BCUT2D eigenvalue weighted by Crippen LogP contribution is -2.13. The Balaban J connectivity index is 2.56. The first-order valence-electron chi connectivity index (χ1n) is 4.91. The number of nitrogens with zero attached hydrogens (tertiary/aromatic N) is 3. The summed E-state index contributed by atoms with van der Waals surface area (Å²) in [5, 5.41) is 10.9. The van der Waals surface area contributed by atoms with Crippen molar-refractivity contribution < 1.29 is 9.90 Å². The van der Waals surface area contributed by atoms with Crippen LogP contribution in [-0.4, -0.2) is 35.1 Å². The number of rotatable bonds is 3. The standard InChI is InChI=1S/C11H11N3O2S/c1-14(2)9-6-7(11(15)16)12-10(13-9)8-4-3-5-17-8/h3-6H,1-2H3,(H,15,16). The molecule has 0 aromatic carbocycles. The molecule has 17 heavy (non-hydrogen) atoms. The molecule has 0 unspecified atom stereocenters. The normalized spacial score (nSPS) is 10.2. The van der Waals surface area contributed by atoms with Crippen molar-refractivity contribution in [1.82, 2.24) is 9.97 Å². The van der Waals surface area contributed by atoms with Gasteiger partial charge in [-0.25, -0.2) is 14.8 Å². The number of anilines is 1. The highest BCUT2D eigenvalue weighted by Crippen LogP contribution is 2.23. The maximum absolute atomic E-state index is 11.0. The van der Waals surface area contributed by atoms with Gasteiger partial charge in [-0.15, -0.1) is 11.3 Å². The minimum absolute atomic E-state index is 0.00657. The first-order chi connectivity index (χ1) is 8.08. The lowest BCUT2D eigenvalue weighted by molar-refractivity contribution is 0.0690. The SMILES string of the molecule is CN(C)c1cc(C(=O)O)nc(-c2cccs2)n1. The Bertz CT molecular complexity index is 538. The van der Waals surface area contributed by atoms with Gasteiger partial charge < -0.3 is 10.0 Å². The van der Waals surface area contributed by atoms with Crippen molar-refractivity contribution in [3.8, 4) is 10.7 Å². The van der Waals surface area contributed by atoms with E-state index >= 15 is 0 Å². The summed E-state index contributed by atoms with van der Waals surface area (Å²) in [7, 11) is 3.62. The van der Waals surface area contributed by atoms with Gasteiger partial charge >= 0.3 is 5.97 Å². The molecule has 0 saturated carbocycles. The van der Waals surface area contributed by atoms with Crippen LogP contribution in [0.5, 0.6) is 0 Å². The summed E-state index contributed by atoms with van der Waals surface area (Å²) >= 11 is 1.48. The molecule has 0 spiro atoms. The van der Waals surface area contributed by atoms with E-state index in [1.807, 2.05) is 31.6 Å². The third-order valence-corrected chi connectivity index (χ3v) is 3.00. The van der Waals surface area contributed by atoms with E-state index in [9.17, 15) is 4.79 Å². The number of hydrogen-bond donors (Lipinski definition) is 1. The second-order valence-corrected chi connectivity index (χ2v) is 4.56. The van der Waals surface area contributed by atoms with E-state index in [1.165, 1.54) is 17.4 Å². The Labute approximate surface area is 102 Å². The molecule has 1 N–H and O–H groups in total. The minimum atomic E-state index is -1.05. The average molecular weight is 249 g/mol. The molecular weight excluding hydrogens is 238 g/mol. The van der Waals surface area contributed by atoms with Crippen LogP contribution in [0.2, 0.25) is 0 Å². The van der Waals surface area contributed by atoms with Crippen LogP contribution in [0.4, 0.5) is 5.82 Å². The van der Waals surface area contributed by atoms with Crippen molar-refractivity contribution >= 4 is 23.1 Å². The molecule has 0 aliphatic heterocycles. The highest BCUT2D eigenvalue weighted by molar-refractivity contribution is 7.13. The smallest absolute Gasteiger partial charge is 0.354 e. The van der Waals surface area contributed by atoms with Gasteiger partial charge in [0.15, 0.2) is 11.5 Å². The van der Waals surface area contributed by atoms with Crippen LogP contribution in [0.1, 0.15) is 10.5 Å². The van der Waals surface area contributed by atoms with Crippen LogP contribution in [0.3, 0.4) is 0 Å². The molecule has 0 saturated heterocycles. The van der Waals surface area contributed by atoms with E-state index in [-0.39, 0.29) is 5.69 Å². The van der Waals surface area contributed by atoms with Crippen molar-refractivity contribution in [1.29, 1.82) is 0 Å². The van der Waals surface area contributed by atoms with Crippen molar-refractivity contribution in [3.05, 3.63) is 29.3 Å². The van der Waals surface area contributed by atoms with E-state index in [1.54, 1.807) is 4.90 Å². The van der Waals surface area contributed by atoms with Gasteiger partial charge in [-0.2, -0.15) is 0 Å². The largest absolute Gasteiger partial charge is 0.477 e. The monoisotopic (exact) mass is 249 g/mol. The number of hydrogen-bond acceptors (Lipinski definition) is 5. The van der Waals surface area contributed by atoms with Gasteiger partial charge in [-0.05, 0) is 11.4 Å². The summed E-state index contributed by atoms with van der Waals surface area (Å²) in [6.45, 7) is 0. The van der Waals surface area contributed by atoms with E-state index in [4.69, 9.17) is 5.11 Å². The second kappa shape index (κ2) is 4.50. The van der Waals surface area contributed by atoms with Crippen LogP contribution in [0.25, 0.3) is 10.7 Å². The summed E-state index contributed by atoms with van der Waals surface area (Å²) in [4.78, 5) is 22.0. The molecule has 6 heteroatoms. The fourth-order valence-electron chi connectivity index (χ4n) is 1.29. The Morgan fingerprint density at radius 2 is 2.18 bits per heavy atom. The zero-order valence-electron chi connectivity index (χ0n) is 9.41. The van der Waals surface area contributed by atoms with Gasteiger partial charge in [-0.1, -0.05) is 6.07 Å². The lowest BCUT2D eigenvalue weighted by Gasteiger charge is -2.12. The lowest BCUT2D eigenvalue weighted by atomic mass is 10.3. The quantitative estimate of drug-likeness (QED) is 0.900. The zero-order chi connectivity index (χ0) is 12.4. The van der Waals surface area contributed by atoms with E-state index in [0.717, 1.165) is 4.88 Å². The van der Waals surface area contributed by atoms with Crippen LogP contribution in [0.15, 0.2) is 23.6 Å². The molecule has 0 fully saturated rings. The Kier molecular flexibility index (Phi) is 3.06. The third-order valence-electron chi connectivity index (χ3n) is 2.13. The van der Waals surface area contributed by atoms with E-state index in [2.05, 4.69) is 9.97 Å². The van der Waals surface area contributed by atoms with Crippen LogP contribution >= 0.6 is 11.3 Å². The Morgan fingerprint density at radius 1 is 1.41 bits per heavy atom. The predicted octanol–water partition coefficient (Wildman–Crippen LogP) is 1.97. The second-order valence-electron chi connectivity index (χ2n) is 3.61. The van der Waals surface area contributed by atoms with E-state index in [0.29, 0.717) is 11.6 Å². The van der Waals surface area contributed by atoms with Gasteiger partial charge in [0.25, 0.3) is 0 Å². The first kappa shape index (κ1) is 11.5. The maximum Gasteiger partial charge on any atom is 0.354 e. The van der Waals surface area contributed by atoms with Crippen molar-refractivity contribution in [2.45, 2.75) is 0 Å². The Hall–Kier alpha value is -1.95. The fraction of sp³-hybridized carbons (Fsp3) is 0.182. The van der Waals surface area contributed by atoms with Crippen LogP contribution in [0, 0.1) is 0 Å². The van der Waals surface area contributed by atoms with Gasteiger partial charge in [0.1, 0.15) is 5.82 Å². The highest BCUT2D eigenvalue weighted by atomic mass is 32.1. The van der Waals surface area contributed by atoms with E-state index < -0.39 is 5.97 Å². The molecule has 0 atom stereocenters. The van der Waals surface area contributed by atoms with Gasteiger partial charge in [0, 0.05) is 20.2 Å². The Morgan fingerprint density at radius 3 is 2.71 bits per heavy atom.